The predicted molar refractivity (Wildman–Crippen MR) is 123 cm³/mol. The molecule has 0 aromatic heterocycles. The summed E-state index contributed by atoms with van der Waals surface area (Å²) in [6.07, 6.45) is 2.38. The van der Waals surface area contributed by atoms with Gasteiger partial charge in [0.05, 0.1) is 20.3 Å². The minimum absolute atomic E-state index is 0.0283. The molecule has 4 heteroatoms. The molecule has 0 aliphatic carbocycles. The second-order valence-corrected chi connectivity index (χ2v) is 7.93. The van der Waals surface area contributed by atoms with Crippen molar-refractivity contribution in [2.75, 3.05) is 20.8 Å². The van der Waals surface area contributed by atoms with Crippen molar-refractivity contribution in [1.82, 2.24) is 4.90 Å². The maximum atomic E-state index is 13.6. The van der Waals surface area contributed by atoms with Gasteiger partial charge < -0.3 is 14.4 Å². The molecule has 0 spiro atoms. The van der Waals surface area contributed by atoms with Gasteiger partial charge in [-0.05, 0) is 36.1 Å². The van der Waals surface area contributed by atoms with Crippen LogP contribution in [-0.4, -0.2) is 31.6 Å². The Balaban J connectivity index is 1.60. The van der Waals surface area contributed by atoms with Crippen molar-refractivity contribution in [2.24, 2.45) is 0 Å². The van der Waals surface area contributed by atoms with Gasteiger partial charge in [0.1, 0.15) is 11.5 Å². The number of rotatable bonds is 7. The van der Waals surface area contributed by atoms with Crippen LogP contribution in [-0.2, 0) is 4.79 Å². The van der Waals surface area contributed by atoms with Gasteiger partial charge in [-0.15, -0.1) is 0 Å². The minimum atomic E-state index is 0.0283. The molecule has 0 unspecified atom stereocenters. The van der Waals surface area contributed by atoms with E-state index in [4.69, 9.17) is 9.47 Å². The van der Waals surface area contributed by atoms with Gasteiger partial charge in [0, 0.05) is 30.5 Å². The summed E-state index contributed by atoms with van der Waals surface area (Å²) >= 11 is 0. The highest BCUT2D eigenvalue weighted by Gasteiger charge is 2.33. The summed E-state index contributed by atoms with van der Waals surface area (Å²) in [5, 5.41) is 0. The van der Waals surface area contributed by atoms with Gasteiger partial charge in [0.15, 0.2) is 0 Å². The van der Waals surface area contributed by atoms with Crippen LogP contribution in [0.5, 0.6) is 11.5 Å². The van der Waals surface area contributed by atoms with Crippen molar-refractivity contribution in [2.45, 2.75) is 31.2 Å². The molecule has 0 saturated carbocycles. The fourth-order valence-corrected chi connectivity index (χ4v) is 4.57. The van der Waals surface area contributed by atoms with Crippen LogP contribution in [0.15, 0.2) is 78.9 Å². The van der Waals surface area contributed by atoms with E-state index in [1.54, 1.807) is 14.2 Å². The van der Waals surface area contributed by atoms with E-state index in [0.717, 1.165) is 36.4 Å². The van der Waals surface area contributed by atoms with Crippen molar-refractivity contribution in [3.63, 3.8) is 0 Å². The first-order valence-corrected chi connectivity index (χ1v) is 10.8. The summed E-state index contributed by atoms with van der Waals surface area (Å²) < 4.78 is 11.0. The Morgan fingerprint density at radius 3 is 2.16 bits per heavy atom. The normalized spacial score (nSPS) is 15.8. The standard InChI is InChI=1S/C27H29NO3/c1-30-22-15-16-23(26(18-22)31-2)25-14-9-17-28(25)27(29)19-24(20-10-5-3-6-11-20)21-12-7-4-8-13-21/h3-8,10-13,15-16,18,24-25H,9,14,17,19H2,1-2H3/t25-/m1/s1. The summed E-state index contributed by atoms with van der Waals surface area (Å²) in [5.74, 6) is 1.74. The first-order chi connectivity index (χ1) is 15.2. The van der Waals surface area contributed by atoms with Crippen LogP contribution < -0.4 is 9.47 Å². The number of benzene rings is 3. The highest BCUT2D eigenvalue weighted by Crippen LogP contribution is 2.40. The SMILES string of the molecule is COc1ccc([C@H]2CCCN2C(=O)CC(c2ccccc2)c2ccccc2)c(OC)c1. The van der Waals surface area contributed by atoms with E-state index in [9.17, 15) is 4.79 Å². The third-order valence-electron chi connectivity index (χ3n) is 6.16. The Morgan fingerprint density at radius 2 is 1.58 bits per heavy atom. The van der Waals surface area contributed by atoms with Crippen molar-refractivity contribution in [3.8, 4) is 11.5 Å². The topological polar surface area (TPSA) is 38.8 Å². The molecule has 3 aromatic rings. The van der Waals surface area contributed by atoms with Gasteiger partial charge in [0.2, 0.25) is 5.91 Å². The molecule has 0 radical (unpaired) electrons. The quantitative estimate of drug-likeness (QED) is 0.505. The van der Waals surface area contributed by atoms with E-state index >= 15 is 0 Å². The molecule has 1 fully saturated rings. The Labute approximate surface area is 184 Å². The van der Waals surface area contributed by atoms with Crippen LogP contribution in [0.3, 0.4) is 0 Å². The van der Waals surface area contributed by atoms with Crippen molar-refractivity contribution >= 4 is 5.91 Å². The third-order valence-corrected chi connectivity index (χ3v) is 6.16. The molecule has 1 atom stereocenters. The number of hydrogen-bond acceptors (Lipinski definition) is 3. The molecule has 0 bridgehead atoms. The summed E-state index contributed by atoms with van der Waals surface area (Å²) in [4.78, 5) is 15.6. The van der Waals surface area contributed by atoms with Crippen LogP contribution in [0, 0.1) is 0 Å². The van der Waals surface area contributed by atoms with E-state index in [1.807, 2.05) is 59.5 Å². The van der Waals surface area contributed by atoms with Crippen molar-refractivity contribution in [3.05, 3.63) is 95.6 Å². The monoisotopic (exact) mass is 415 g/mol. The summed E-state index contributed by atoms with van der Waals surface area (Å²) in [6, 6.07) is 26.5. The number of nitrogens with zero attached hydrogens (tertiary/aromatic N) is 1. The van der Waals surface area contributed by atoms with Gasteiger partial charge in [-0.25, -0.2) is 0 Å². The smallest absolute Gasteiger partial charge is 0.224 e. The van der Waals surface area contributed by atoms with Gasteiger partial charge in [-0.2, -0.15) is 0 Å². The molecule has 31 heavy (non-hydrogen) atoms. The van der Waals surface area contributed by atoms with Gasteiger partial charge in [-0.3, -0.25) is 4.79 Å². The van der Waals surface area contributed by atoms with Crippen LogP contribution in [0.25, 0.3) is 0 Å². The van der Waals surface area contributed by atoms with E-state index in [1.165, 1.54) is 11.1 Å². The lowest BCUT2D eigenvalue weighted by atomic mass is 9.88. The summed E-state index contributed by atoms with van der Waals surface area (Å²) in [6.45, 7) is 0.773. The Kier molecular flexibility index (Phi) is 6.56. The number of methoxy groups -OCH3 is 2. The average Bonchev–Trinajstić information content (AvgIpc) is 3.33. The molecule has 0 N–H and O–H groups in total. The molecule has 160 valence electrons. The Morgan fingerprint density at radius 1 is 0.935 bits per heavy atom. The first-order valence-electron chi connectivity index (χ1n) is 10.8. The van der Waals surface area contributed by atoms with E-state index in [2.05, 4.69) is 24.3 Å². The van der Waals surface area contributed by atoms with Crippen LogP contribution in [0.1, 0.15) is 47.9 Å². The van der Waals surface area contributed by atoms with Crippen molar-refractivity contribution < 1.29 is 14.3 Å². The van der Waals surface area contributed by atoms with Gasteiger partial charge in [0.25, 0.3) is 0 Å². The summed E-state index contributed by atoms with van der Waals surface area (Å²) in [7, 11) is 3.31. The highest BCUT2D eigenvalue weighted by molar-refractivity contribution is 5.79. The fraction of sp³-hybridized carbons (Fsp3) is 0.296. The number of hydrogen-bond donors (Lipinski definition) is 0. The van der Waals surface area contributed by atoms with Crippen LogP contribution in [0.2, 0.25) is 0 Å². The molecule has 1 saturated heterocycles. The molecule has 3 aromatic carbocycles. The van der Waals surface area contributed by atoms with E-state index < -0.39 is 0 Å². The lowest BCUT2D eigenvalue weighted by molar-refractivity contribution is -0.132. The number of carbonyl (C=O) groups excluding carboxylic acids is 1. The number of likely N-dealkylation sites (tertiary alicyclic amines) is 1. The molecule has 4 rings (SSSR count). The zero-order chi connectivity index (χ0) is 21.6. The third kappa shape index (κ3) is 4.58. The van der Waals surface area contributed by atoms with E-state index in [-0.39, 0.29) is 17.9 Å². The van der Waals surface area contributed by atoms with Crippen LogP contribution >= 0.6 is 0 Å². The fourth-order valence-electron chi connectivity index (χ4n) is 4.57. The van der Waals surface area contributed by atoms with Gasteiger partial charge >= 0.3 is 0 Å². The predicted octanol–water partition coefficient (Wildman–Crippen LogP) is 5.59. The van der Waals surface area contributed by atoms with Crippen molar-refractivity contribution in [1.29, 1.82) is 0 Å². The molecule has 1 aliphatic rings. The number of carbonyl (C=O) groups is 1. The first kappa shape index (κ1) is 21.0. The zero-order valence-corrected chi connectivity index (χ0v) is 18.2. The van der Waals surface area contributed by atoms with Crippen LogP contribution in [0.4, 0.5) is 0 Å². The average molecular weight is 416 g/mol. The molecule has 1 aliphatic heterocycles. The maximum Gasteiger partial charge on any atom is 0.224 e. The molecule has 1 amide bonds. The molecule has 1 heterocycles. The lowest BCUT2D eigenvalue weighted by Crippen LogP contribution is -2.32. The largest absolute Gasteiger partial charge is 0.497 e. The molecule has 4 nitrogen and oxygen atoms in total. The van der Waals surface area contributed by atoms with E-state index in [0.29, 0.717) is 6.42 Å². The second kappa shape index (κ2) is 9.69. The number of amides is 1. The zero-order valence-electron chi connectivity index (χ0n) is 18.2. The highest BCUT2D eigenvalue weighted by atomic mass is 16.5. The molecular formula is C27H29NO3. The Hall–Kier alpha value is -3.27. The minimum Gasteiger partial charge on any atom is -0.497 e. The lowest BCUT2D eigenvalue weighted by Gasteiger charge is -2.28. The Bertz CT molecular complexity index is 964. The maximum absolute atomic E-state index is 13.6. The molecular weight excluding hydrogens is 386 g/mol. The summed E-state index contributed by atoms with van der Waals surface area (Å²) in [5.41, 5.74) is 3.38. The van der Waals surface area contributed by atoms with Gasteiger partial charge in [-0.1, -0.05) is 60.7 Å². The number of ether oxygens (including phenoxy) is 2. The second-order valence-electron chi connectivity index (χ2n) is 7.93.